The van der Waals surface area contributed by atoms with E-state index in [2.05, 4.69) is 29.6 Å². The largest absolute Gasteiger partial charge is 0.478 e. The average Bonchev–Trinajstić information content (AvgIpc) is 3.06. The molecule has 0 heterocycles. The molecular formula is C24H21NO4. The van der Waals surface area contributed by atoms with Crippen LogP contribution in [0.2, 0.25) is 0 Å². The van der Waals surface area contributed by atoms with Gasteiger partial charge in [0.15, 0.2) is 0 Å². The Bertz CT molecular complexity index is 1010. The molecule has 1 unspecified atom stereocenters. The van der Waals surface area contributed by atoms with Crippen molar-refractivity contribution in [1.82, 2.24) is 5.32 Å². The molecule has 1 amide bonds. The summed E-state index contributed by atoms with van der Waals surface area (Å²) in [5, 5.41) is 11.8. The third-order valence-electron chi connectivity index (χ3n) is 5.34. The van der Waals surface area contributed by atoms with Crippen LogP contribution in [0.15, 0.2) is 72.8 Å². The number of nitrogens with one attached hydrogen (secondary N) is 1. The molecule has 0 bridgehead atoms. The van der Waals surface area contributed by atoms with Gasteiger partial charge in [0, 0.05) is 5.92 Å². The van der Waals surface area contributed by atoms with Gasteiger partial charge in [-0.1, -0.05) is 60.7 Å². The third-order valence-corrected chi connectivity index (χ3v) is 5.34. The normalized spacial score (nSPS) is 13.3. The second-order valence-corrected chi connectivity index (χ2v) is 7.12. The average molecular weight is 387 g/mol. The highest BCUT2D eigenvalue weighted by molar-refractivity contribution is 5.87. The van der Waals surface area contributed by atoms with Crippen LogP contribution < -0.4 is 5.32 Å². The summed E-state index contributed by atoms with van der Waals surface area (Å²) in [7, 11) is 0. The maximum absolute atomic E-state index is 12.4. The fourth-order valence-corrected chi connectivity index (χ4v) is 3.81. The Morgan fingerprint density at radius 3 is 2.03 bits per heavy atom. The van der Waals surface area contributed by atoms with Crippen LogP contribution in [0.3, 0.4) is 0 Å². The first-order valence-corrected chi connectivity index (χ1v) is 9.49. The van der Waals surface area contributed by atoms with E-state index in [1.54, 1.807) is 12.1 Å². The van der Waals surface area contributed by atoms with Crippen LogP contribution in [0.1, 0.15) is 45.9 Å². The van der Waals surface area contributed by atoms with Crippen LogP contribution in [0, 0.1) is 0 Å². The van der Waals surface area contributed by atoms with E-state index in [9.17, 15) is 9.59 Å². The van der Waals surface area contributed by atoms with Crippen molar-refractivity contribution in [2.45, 2.75) is 18.9 Å². The van der Waals surface area contributed by atoms with Crippen LogP contribution in [0.4, 0.5) is 4.79 Å². The molecule has 5 nitrogen and oxygen atoms in total. The molecule has 2 N–H and O–H groups in total. The molecule has 1 aliphatic rings. The molecule has 3 aromatic rings. The molecule has 146 valence electrons. The Morgan fingerprint density at radius 2 is 1.48 bits per heavy atom. The van der Waals surface area contributed by atoms with Crippen molar-refractivity contribution in [3.05, 3.63) is 95.1 Å². The maximum Gasteiger partial charge on any atom is 0.407 e. The minimum Gasteiger partial charge on any atom is -0.478 e. The summed E-state index contributed by atoms with van der Waals surface area (Å²) in [6, 6.07) is 22.5. The maximum atomic E-state index is 12.4. The molecule has 0 saturated heterocycles. The van der Waals surface area contributed by atoms with Crippen LogP contribution in [0.5, 0.6) is 0 Å². The predicted octanol–water partition coefficient (Wildman–Crippen LogP) is 4.98. The Morgan fingerprint density at radius 1 is 0.931 bits per heavy atom. The Hall–Kier alpha value is -3.60. The molecule has 1 atom stereocenters. The fraction of sp³-hybridized carbons (Fsp3) is 0.167. The Labute approximate surface area is 169 Å². The van der Waals surface area contributed by atoms with E-state index in [0.717, 1.165) is 5.56 Å². The number of aromatic carboxylic acids is 1. The number of ether oxygens (including phenoxy) is 1. The number of alkyl carbamates (subject to hydrolysis) is 1. The summed E-state index contributed by atoms with van der Waals surface area (Å²) in [5.41, 5.74) is 5.72. The SMILES string of the molecule is CC(NC(=O)OCC1c2ccccc2-c2ccccc21)c1ccc(C(=O)O)cc1. The second-order valence-electron chi connectivity index (χ2n) is 7.12. The predicted molar refractivity (Wildman–Crippen MR) is 110 cm³/mol. The lowest BCUT2D eigenvalue weighted by Gasteiger charge is -2.17. The highest BCUT2D eigenvalue weighted by atomic mass is 16.5. The molecule has 3 aromatic carbocycles. The Balaban J connectivity index is 1.41. The summed E-state index contributed by atoms with van der Waals surface area (Å²) < 4.78 is 5.55. The van der Waals surface area contributed by atoms with Crippen molar-refractivity contribution < 1.29 is 19.4 Å². The molecule has 4 rings (SSSR count). The zero-order chi connectivity index (χ0) is 20.4. The first-order valence-electron chi connectivity index (χ1n) is 9.49. The number of benzene rings is 3. The van der Waals surface area contributed by atoms with E-state index in [4.69, 9.17) is 9.84 Å². The van der Waals surface area contributed by atoms with Crippen LogP contribution in [0.25, 0.3) is 11.1 Å². The van der Waals surface area contributed by atoms with Gasteiger partial charge < -0.3 is 15.2 Å². The van der Waals surface area contributed by atoms with Crippen molar-refractivity contribution in [2.24, 2.45) is 0 Å². The van der Waals surface area contributed by atoms with Gasteiger partial charge in [-0.05, 0) is 46.9 Å². The lowest BCUT2D eigenvalue weighted by molar-refractivity contribution is 0.0696. The van der Waals surface area contributed by atoms with Crippen molar-refractivity contribution in [3.8, 4) is 11.1 Å². The molecule has 0 fully saturated rings. The number of carboxylic acids is 1. The molecule has 29 heavy (non-hydrogen) atoms. The van der Waals surface area contributed by atoms with Gasteiger partial charge >= 0.3 is 12.1 Å². The number of hydrogen-bond donors (Lipinski definition) is 2. The number of hydrogen-bond acceptors (Lipinski definition) is 3. The minimum absolute atomic E-state index is 0.0123. The van der Waals surface area contributed by atoms with E-state index in [1.165, 1.54) is 34.4 Å². The van der Waals surface area contributed by atoms with E-state index >= 15 is 0 Å². The van der Waals surface area contributed by atoms with Gasteiger partial charge in [0.2, 0.25) is 0 Å². The quantitative estimate of drug-likeness (QED) is 0.647. The third kappa shape index (κ3) is 3.72. The fourth-order valence-electron chi connectivity index (χ4n) is 3.81. The van der Waals surface area contributed by atoms with Crippen molar-refractivity contribution >= 4 is 12.1 Å². The second kappa shape index (κ2) is 7.80. The van der Waals surface area contributed by atoms with Gasteiger partial charge in [-0.25, -0.2) is 9.59 Å². The molecule has 5 heteroatoms. The summed E-state index contributed by atoms with van der Waals surface area (Å²) >= 11 is 0. The highest BCUT2D eigenvalue weighted by Crippen LogP contribution is 2.44. The van der Waals surface area contributed by atoms with Crippen molar-refractivity contribution in [2.75, 3.05) is 6.61 Å². The molecule has 0 radical (unpaired) electrons. The van der Waals surface area contributed by atoms with Gasteiger partial charge in [0.25, 0.3) is 0 Å². The van der Waals surface area contributed by atoms with E-state index < -0.39 is 12.1 Å². The molecule has 0 aliphatic heterocycles. The Kier molecular flexibility index (Phi) is 5.04. The van der Waals surface area contributed by atoms with E-state index in [-0.39, 0.29) is 24.1 Å². The first kappa shape index (κ1) is 18.7. The minimum atomic E-state index is -0.978. The number of carbonyl (C=O) groups excluding carboxylic acids is 1. The lowest BCUT2D eigenvalue weighted by atomic mass is 9.98. The van der Waals surface area contributed by atoms with E-state index in [0.29, 0.717) is 0 Å². The number of carboxylic acid groups (broad SMARTS) is 1. The number of carbonyl (C=O) groups is 2. The van der Waals surface area contributed by atoms with Gasteiger partial charge in [-0.3, -0.25) is 0 Å². The number of amides is 1. The molecule has 0 spiro atoms. The molecule has 1 aliphatic carbocycles. The summed E-state index contributed by atoms with van der Waals surface area (Å²) in [6.07, 6.45) is -0.498. The highest BCUT2D eigenvalue weighted by Gasteiger charge is 2.29. The van der Waals surface area contributed by atoms with Gasteiger partial charge in [0.05, 0.1) is 11.6 Å². The van der Waals surface area contributed by atoms with Crippen LogP contribution in [-0.4, -0.2) is 23.8 Å². The summed E-state index contributed by atoms with van der Waals surface area (Å²) in [5.74, 6) is -0.966. The zero-order valence-corrected chi connectivity index (χ0v) is 16.0. The summed E-state index contributed by atoms with van der Waals surface area (Å²) in [6.45, 7) is 2.09. The van der Waals surface area contributed by atoms with Gasteiger partial charge in [0.1, 0.15) is 6.61 Å². The summed E-state index contributed by atoms with van der Waals surface area (Å²) in [4.78, 5) is 23.3. The molecular weight excluding hydrogens is 366 g/mol. The van der Waals surface area contributed by atoms with Gasteiger partial charge in [-0.2, -0.15) is 0 Å². The molecule has 0 saturated carbocycles. The zero-order valence-electron chi connectivity index (χ0n) is 16.0. The van der Waals surface area contributed by atoms with E-state index in [1.807, 2.05) is 31.2 Å². The first-order chi connectivity index (χ1) is 14.0. The number of fused-ring (bicyclic) bond motifs is 3. The molecule has 0 aromatic heterocycles. The standard InChI is InChI=1S/C24H21NO4/c1-15(16-10-12-17(13-11-16)23(26)27)25-24(28)29-14-22-20-8-4-2-6-18(20)19-7-3-5-9-21(19)22/h2-13,15,22H,14H2,1H3,(H,25,28)(H,26,27). The van der Waals surface area contributed by atoms with Gasteiger partial charge in [-0.15, -0.1) is 0 Å². The van der Waals surface area contributed by atoms with Crippen LogP contribution in [-0.2, 0) is 4.74 Å². The topological polar surface area (TPSA) is 75.6 Å². The van der Waals surface area contributed by atoms with Crippen molar-refractivity contribution in [1.29, 1.82) is 0 Å². The number of rotatable bonds is 5. The lowest BCUT2D eigenvalue weighted by Crippen LogP contribution is -2.28. The van der Waals surface area contributed by atoms with Crippen LogP contribution >= 0.6 is 0 Å². The van der Waals surface area contributed by atoms with Crippen molar-refractivity contribution in [3.63, 3.8) is 0 Å². The monoisotopic (exact) mass is 387 g/mol. The smallest absolute Gasteiger partial charge is 0.407 e.